The summed E-state index contributed by atoms with van der Waals surface area (Å²) in [5, 5.41) is 3.19. The summed E-state index contributed by atoms with van der Waals surface area (Å²) in [4.78, 5) is 28.5. The van der Waals surface area contributed by atoms with E-state index >= 15 is 0 Å². The summed E-state index contributed by atoms with van der Waals surface area (Å²) in [7, 11) is 5.70. The molecule has 0 unspecified atom stereocenters. The Hall–Kier alpha value is -4.19. The van der Waals surface area contributed by atoms with Crippen LogP contribution in [0.25, 0.3) is 0 Å². The highest BCUT2D eigenvalue weighted by molar-refractivity contribution is 5.96. The van der Waals surface area contributed by atoms with Crippen LogP contribution in [0.2, 0.25) is 0 Å². The van der Waals surface area contributed by atoms with Crippen LogP contribution in [-0.2, 0) is 10.2 Å². The van der Waals surface area contributed by atoms with Crippen LogP contribution in [0.4, 0.5) is 43.3 Å². The van der Waals surface area contributed by atoms with Crippen molar-refractivity contribution in [2.75, 3.05) is 61.7 Å². The lowest BCUT2D eigenvalue weighted by atomic mass is 9.87. The number of nitrogen functional groups attached to an aromatic ring is 1. The van der Waals surface area contributed by atoms with E-state index in [2.05, 4.69) is 34.2 Å². The number of nitrogens with two attached hydrogens (primary N) is 1. The molecule has 1 atom stereocenters. The molecule has 2 aliphatic heterocycles. The van der Waals surface area contributed by atoms with E-state index in [1.165, 1.54) is 12.3 Å². The number of ether oxygens (including phenoxy) is 2. The number of esters is 1. The molecule has 5 rings (SSSR count). The van der Waals surface area contributed by atoms with Gasteiger partial charge in [-0.2, -0.15) is 4.98 Å². The normalized spacial score (nSPS) is 17.4. The Morgan fingerprint density at radius 1 is 1.18 bits per heavy atom. The van der Waals surface area contributed by atoms with Crippen LogP contribution in [0.1, 0.15) is 56.5 Å². The Balaban J connectivity index is 1.54. The Labute approximate surface area is 257 Å². The Bertz CT molecular complexity index is 1560. The van der Waals surface area contributed by atoms with Gasteiger partial charge in [-0.05, 0) is 58.5 Å². The number of nitrogens with zero attached hydrogens (tertiary/aromatic N) is 5. The molecule has 0 radical (unpaired) electrons. The predicted molar refractivity (Wildman–Crippen MR) is 169 cm³/mol. The van der Waals surface area contributed by atoms with E-state index in [4.69, 9.17) is 20.2 Å². The van der Waals surface area contributed by atoms with Crippen molar-refractivity contribution in [3.8, 4) is 5.75 Å². The highest BCUT2D eigenvalue weighted by atomic mass is 19.2. The van der Waals surface area contributed by atoms with E-state index < -0.39 is 23.0 Å². The molecule has 2 aliphatic rings. The number of hydrogen-bond acceptors (Lipinski definition) is 10. The molecule has 0 amide bonds. The first-order chi connectivity index (χ1) is 20.8. The number of benzene rings is 2. The first-order valence-corrected chi connectivity index (χ1v) is 14.8. The molecule has 0 saturated carbocycles. The number of anilines is 6. The van der Waals surface area contributed by atoms with Gasteiger partial charge in [0.25, 0.3) is 0 Å². The third-order valence-electron chi connectivity index (χ3n) is 8.06. The van der Waals surface area contributed by atoms with Gasteiger partial charge in [-0.1, -0.05) is 13.8 Å². The number of carbonyl (C=O) groups is 1. The van der Waals surface area contributed by atoms with Crippen LogP contribution >= 0.6 is 0 Å². The van der Waals surface area contributed by atoms with Crippen LogP contribution in [0.3, 0.4) is 0 Å². The maximum atomic E-state index is 14.5. The van der Waals surface area contributed by atoms with Gasteiger partial charge in [-0.25, -0.2) is 18.6 Å². The summed E-state index contributed by atoms with van der Waals surface area (Å²) in [6.07, 6.45) is 3.14. The zero-order chi connectivity index (χ0) is 31.9. The molecule has 0 bridgehead atoms. The zero-order valence-corrected chi connectivity index (χ0v) is 26.4. The second-order valence-electron chi connectivity index (χ2n) is 12.6. The van der Waals surface area contributed by atoms with E-state index in [1.54, 1.807) is 31.9 Å². The summed E-state index contributed by atoms with van der Waals surface area (Å²) in [6.45, 7) is 9.47. The fourth-order valence-electron chi connectivity index (χ4n) is 6.10. The van der Waals surface area contributed by atoms with Crippen LogP contribution in [0.5, 0.6) is 5.75 Å². The standard InChI is InChI=1S/C32H41F2N7O3/c1-18(2)44-30(42)20-15-36-31(38-29(20)41-17-32(3,4)21-11-22(33)23(34)12-26(21)41)37-25-13-24(35)27(14-28(25)43-7)40-10-8-9-19(40)16-39(5)6/h11-15,18-19H,8-10,16-17,35H2,1-7H3,(H,36,37,38)/t19-/m1/s1. The monoisotopic (exact) mass is 609 g/mol. The van der Waals surface area contributed by atoms with Gasteiger partial charge >= 0.3 is 5.97 Å². The zero-order valence-electron chi connectivity index (χ0n) is 26.4. The Morgan fingerprint density at radius 3 is 2.59 bits per heavy atom. The first kappa shape index (κ1) is 31.2. The van der Waals surface area contributed by atoms with Crippen LogP contribution in [-0.4, -0.2) is 73.8 Å². The van der Waals surface area contributed by atoms with Crippen molar-refractivity contribution in [1.82, 2.24) is 14.9 Å². The molecule has 2 aromatic carbocycles. The largest absolute Gasteiger partial charge is 0.494 e. The summed E-state index contributed by atoms with van der Waals surface area (Å²) in [6, 6.07) is 6.38. The smallest absolute Gasteiger partial charge is 0.343 e. The third-order valence-corrected chi connectivity index (χ3v) is 8.06. The molecule has 44 heavy (non-hydrogen) atoms. The second kappa shape index (κ2) is 12.1. The van der Waals surface area contributed by atoms with Crippen LogP contribution in [0.15, 0.2) is 30.5 Å². The third kappa shape index (κ3) is 6.08. The average molecular weight is 610 g/mol. The first-order valence-electron chi connectivity index (χ1n) is 14.8. The second-order valence-corrected chi connectivity index (χ2v) is 12.6. The molecule has 3 aromatic rings. The van der Waals surface area contributed by atoms with Crippen molar-refractivity contribution in [3.63, 3.8) is 0 Å². The van der Waals surface area contributed by atoms with Crippen molar-refractivity contribution < 1.29 is 23.0 Å². The van der Waals surface area contributed by atoms with Gasteiger partial charge in [0, 0.05) is 55.1 Å². The Morgan fingerprint density at radius 2 is 1.91 bits per heavy atom. The van der Waals surface area contributed by atoms with E-state index in [0.29, 0.717) is 41.0 Å². The number of halogens is 2. The van der Waals surface area contributed by atoms with Crippen LogP contribution in [0, 0.1) is 11.6 Å². The minimum absolute atomic E-state index is 0.0976. The van der Waals surface area contributed by atoms with E-state index in [0.717, 1.165) is 37.7 Å². The topological polar surface area (TPSA) is 109 Å². The van der Waals surface area contributed by atoms with Gasteiger partial charge in [0.1, 0.15) is 11.3 Å². The van der Waals surface area contributed by atoms with Crippen molar-refractivity contribution in [1.29, 1.82) is 0 Å². The average Bonchev–Trinajstić information content (AvgIpc) is 3.49. The van der Waals surface area contributed by atoms with Crippen molar-refractivity contribution in [2.45, 2.75) is 58.1 Å². The van der Waals surface area contributed by atoms with E-state index in [-0.39, 0.29) is 23.4 Å². The summed E-state index contributed by atoms with van der Waals surface area (Å²) in [5.74, 6) is -1.64. The predicted octanol–water partition coefficient (Wildman–Crippen LogP) is 5.61. The molecule has 0 spiro atoms. The molecule has 3 N–H and O–H groups in total. The lowest BCUT2D eigenvalue weighted by molar-refractivity contribution is 0.0378. The van der Waals surface area contributed by atoms with Gasteiger partial charge in [-0.15, -0.1) is 0 Å². The van der Waals surface area contributed by atoms with E-state index in [1.807, 2.05) is 19.9 Å². The minimum Gasteiger partial charge on any atom is -0.494 e. The molecule has 0 aliphatic carbocycles. The summed E-state index contributed by atoms with van der Waals surface area (Å²) < 4.78 is 40.0. The molecule has 1 saturated heterocycles. The highest BCUT2D eigenvalue weighted by Gasteiger charge is 2.39. The molecular formula is C32H41F2N7O3. The number of fused-ring (bicyclic) bond motifs is 1. The molecule has 10 nitrogen and oxygen atoms in total. The van der Waals surface area contributed by atoms with E-state index in [9.17, 15) is 13.6 Å². The maximum absolute atomic E-state index is 14.5. The number of likely N-dealkylation sites (N-methyl/N-ethyl adjacent to an activating group) is 1. The van der Waals surface area contributed by atoms with Gasteiger partial charge in [0.15, 0.2) is 17.5 Å². The quantitative estimate of drug-likeness (QED) is 0.235. The molecule has 1 fully saturated rings. The minimum atomic E-state index is -0.990. The Kier molecular flexibility index (Phi) is 8.57. The lowest BCUT2D eigenvalue weighted by Crippen LogP contribution is -2.37. The number of hydrogen-bond donors (Lipinski definition) is 2. The molecule has 3 heterocycles. The maximum Gasteiger partial charge on any atom is 0.343 e. The summed E-state index contributed by atoms with van der Waals surface area (Å²) in [5.41, 5.74) is 9.16. The van der Waals surface area contributed by atoms with Crippen molar-refractivity contribution in [3.05, 3.63) is 53.2 Å². The van der Waals surface area contributed by atoms with Crippen LogP contribution < -0.4 is 25.6 Å². The lowest BCUT2D eigenvalue weighted by Gasteiger charge is -2.30. The van der Waals surface area contributed by atoms with Gasteiger partial charge in [0.2, 0.25) is 5.95 Å². The fraction of sp³-hybridized carbons (Fsp3) is 0.469. The molecule has 1 aromatic heterocycles. The van der Waals surface area contributed by atoms with Gasteiger partial charge < -0.3 is 35.2 Å². The molecule has 236 valence electrons. The fourth-order valence-corrected chi connectivity index (χ4v) is 6.10. The number of aromatic nitrogens is 2. The number of carbonyl (C=O) groups excluding carboxylic acids is 1. The highest BCUT2D eigenvalue weighted by Crippen LogP contribution is 2.46. The van der Waals surface area contributed by atoms with Crippen molar-refractivity contribution >= 4 is 40.5 Å². The summed E-state index contributed by atoms with van der Waals surface area (Å²) >= 11 is 0. The SMILES string of the molecule is COc1cc(N2CCC[C@@H]2CN(C)C)c(N)cc1Nc1ncc(C(=O)OC(C)C)c(N2CC(C)(C)c3cc(F)c(F)cc32)n1. The number of methoxy groups -OCH3 is 1. The van der Waals surface area contributed by atoms with Gasteiger partial charge in [-0.3, -0.25) is 0 Å². The number of rotatable bonds is 9. The molecule has 12 heteroatoms. The molecular weight excluding hydrogens is 568 g/mol. The van der Waals surface area contributed by atoms with Gasteiger partial charge in [0.05, 0.1) is 30.3 Å². The number of nitrogens with one attached hydrogen (secondary N) is 1. The van der Waals surface area contributed by atoms with Crippen molar-refractivity contribution in [2.24, 2.45) is 0 Å².